The Morgan fingerprint density at radius 3 is 2.58 bits per heavy atom. The van der Waals surface area contributed by atoms with Gasteiger partial charge in [-0.3, -0.25) is 14.5 Å². The van der Waals surface area contributed by atoms with E-state index in [9.17, 15) is 9.59 Å². The number of imide groups is 1. The standard InChI is InChI=1S/C18H20N4O3.ClH/c23-17-13-5-1-2-6-14(13)18(24)22(17)9-7-15-20-16(25-21-15)10-12-4-3-8-19-11-12;/h1-2,5-6,12,19H,3-4,7-11H2;1H. The number of rotatable bonds is 5. The van der Waals surface area contributed by atoms with Crippen LogP contribution in [0.5, 0.6) is 0 Å². The van der Waals surface area contributed by atoms with Gasteiger partial charge in [0.05, 0.1) is 11.1 Å². The molecule has 1 N–H and O–H groups in total. The van der Waals surface area contributed by atoms with Gasteiger partial charge in [0.1, 0.15) is 0 Å². The highest BCUT2D eigenvalue weighted by atomic mass is 35.5. The van der Waals surface area contributed by atoms with E-state index in [1.165, 1.54) is 17.7 Å². The Labute approximate surface area is 157 Å². The summed E-state index contributed by atoms with van der Waals surface area (Å²) in [6, 6.07) is 6.89. The monoisotopic (exact) mass is 376 g/mol. The van der Waals surface area contributed by atoms with Crippen LogP contribution < -0.4 is 5.32 Å². The van der Waals surface area contributed by atoms with Crippen molar-refractivity contribution in [2.75, 3.05) is 19.6 Å². The van der Waals surface area contributed by atoms with Gasteiger partial charge in [-0.2, -0.15) is 4.98 Å². The van der Waals surface area contributed by atoms with E-state index in [2.05, 4.69) is 15.5 Å². The highest BCUT2D eigenvalue weighted by Crippen LogP contribution is 2.22. The zero-order valence-corrected chi connectivity index (χ0v) is 15.1. The third-order valence-corrected chi connectivity index (χ3v) is 4.81. The van der Waals surface area contributed by atoms with Crippen molar-refractivity contribution < 1.29 is 14.1 Å². The quantitative estimate of drug-likeness (QED) is 0.801. The van der Waals surface area contributed by atoms with Crippen molar-refractivity contribution >= 4 is 24.2 Å². The van der Waals surface area contributed by atoms with Crippen LogP contribution >= 0.6 is 12.4 Å². The largest absolute Gasteiger partial charge is 0.339 e. The lowest BCUT2D eigenvalue weighted by atomic mass is 9.96. The lowest BCUT2D eigenvalue weighted by molar-refractivity contribution is 0.0655. The van der Waals surface area contributed by atoms with Crippen LogP contribution in [0.4, 0.5) is 0 Å². The van der Waals surface area contributed by atoms with Crippen molar-refractivity contribution in [3.05, 3.63) is 47.1 Å². The molecular weight excluding hydrogens is 356 g/mol. The summed E-state index contributed by atoms with van der Waals surface area (Å²) in [6.07, 6.45) is 3.51. The van der Waals surface area contributed by atoms with Gasteiger partial charge < -0.3 is 9.84 Å². The molecule has 1 fully saturated rings. The first-order valence-corrected chi connectivity index (χ1v) is 8.70. The van der Waals surface area contributed by atoms with Crippen LogP contribution in [-0.4, -0.2) is 46.5 Å². The molecule has 8 heteroatoms. The highest BCUT2D eigenvalue weighted by Gasteiger charge is 2.34. The molecule has 1 aromatic heterocycles. The molecule has 2 aliphatic heterocycles. The molecule has 0 radical (unpaired) electrons. The fourth-order valence-corrected chi connectivity index (χ4v) is 3.47. The van der Waals surface area contributed by atoms with Crippen molar-refractivity contribution in [1.82, 2.24) is 20.4 Å². The van der Waals surface area contributed by atoms with Crippen molar-refractivity contribution in [3.8, 4) is 0 Å². The van der Waals surface area contributed by atoms with E-state index in [-0.39, 0.29) is 30.8 Å². The van der Waals surface area contributed by atoms with Crippen LogP contribution in [0.1, 0.15) is 45.3 Å². The molecule has 1 unspecified atom stereocenters. The molecule has 3 heterocycles. The van der Waals surface area contributed by atoms with E-state index >= 15 is 0 Å². The minimum atomic E-state index is -0.252. The summed E-state index contributed by atoms with van der Waals surface area (Å²) in [7, 11) is 0. The van der Waals surface area contributed by atoms with Crippen LogP contribution in [0.25, 0.3) is 0 Å². The predicted molar refractivity (Wildman–Crippen MR) is 96.4 cm³/mol. The summed E-state index contributed by atoms with van der Waals surface area (Å²) in [5.74, 6) is 1.19. The van der Waals surface area contributed by atoms with E-state index in [1.807, 2.05) is 0 Å². The number of carbonyl (C=O) groups excluding carboxylic acids is 2. The molecule has 1 saturated heterocycles. The number of nitrogens with zero attached hydrogens (tertiary/aromatic N) is 3. The molecule has 26 heavy (non-hydrogen) atoms. The second-order valence-electron chi connectivity index (χ2n) is 6.58. The van der Waals surface area contributed by atoms with Gasteiger partial charge in [0.15, 0.2) is 5.82 Å². The number of piperidine rings is 1. The average Bonchev–Trinajstić information content (AvgIpc) is 3.18. The first-order valence-electron chi connectivity index (χ1n) is 8.70. The Balaban J connectivity index is 0.00000196. The predicted octanol–water partition coefficient (Wildman–Crippen LogP) is 1.87. The summed E-state index contributed by atoms with van der Waals surface area (Å²) in [5.41, 5.74) is 0.928. The number of benzene rings is 1. The van der Waals surface area contributed by atoms with E-state index in [0.717, 1.165) is 19.5 Å². The van der Waals surface area contributed by atoms with Crippen LogP contribution in [0.3, 0.4) is 0 Å². The molecule has 2 aromatic rings. The molecule has 1 atom stereocenters. The summed E-state index contributed by atoms with van der Waals surface area (Å²) in [4.78, 5) is 30.3. The van der Waals surface area contributed by atoms with Crippen molar-refractivity contribution in [2.45, 2.75) is 25.7 Å². The van der Waals surface area contributed by atoms with Crippen LogP contribution in [-0.2, 0) is 12.8 Å². The first kappa shape index (κ1) is 18.5. The Bertz CT molecular complexity index is 766. The zero-order valence-electron chi connectivity index (χ0n) is 14.3. The van der Waals surface area contributed by atoms with Gasteiger partial charge in [0.2, 0.25) is 5.89 Å². The van der Waals surface area contributed by atoms with E-state index in [1.54, 1.807) is 24.3 Å². The Kier molecular flexibility index (Phi) is 5.68. The maximum absolute atomic E-state index is 12.3. The summed E-state index contributed by atoms with van der Waals surface area (Å²) in [5, 5.41) is 7.36. The molecule has 1 aromatic carbocycles. The number of fused-ring (bicyclic) bond motifs is 1. The average molecular weight is 377 g/mol. The summed E-state index contributed by atoms with van der Waals surface area (Å²) in [6.45, 7) is 2.31. The van der Waals surface area contributed by atoms with Gasteiger partial charge in [-0.1, -0.05) is 17.3 Å². The van der Waals surface area contributed by atoms with E-state index in [0.29, 0.717) is 35.2 Å². The molecule has 0 bridgehead atoms. The molecular formula is C18H21ClN4O3. The minimum absolute atomic E-state index is 0. The normalized spacial score (nSPS) is 19.4. The Hall–Kier alpha value is -2.25. The smallest absolute Gasteiger partial charge is 0.261 e. The highest BCUT2D eigenvalue weighted by molar-refractivity contribution is 6.21. The van der Waals surface area contributed by atoms with Gasteiger partial charge in [-0.15, -0.1) is 12.4 Å². The molecule has 4 rings (SSSR count). The van der Waals surface area contributed by atoms with E-state index < -0.39 is 0 Å². The third-order valence-electron chi connectivity index (χ3n) is 4.81. The summed E-state index contributed by atoms with van der Waals surface area (Å²) >= 11 is 0. The second kappa shape index (κ2) is 7.97. The summed E-state index contributed by atoms with van der Waals surface area (Å²) < 4.78 is 5.32. The van der Waals surface area contributed by atoms with Crippen LogP contribution in [0.2, 0.25) is 0 Å². The molecule has 2 aliphatic rings. The second-order valence-corrected chi connectivity index (χ2v) is 6.58. The topological polar surface area (TPSA) is 88.3 Å². The third kappa shape index (κ3) is 3.64. The maximum Gasteiger partial charge on any atom is 0.261 e. The van der Waals surface area contributed by atoms with Gasteiger partial charge >= 0.3 is 0 Å². The molecule has 0 saturated carbocycles. The molecule has 138 valence electrons. The minimum Gasteiger partial charge on any atom is -0.339 e. The lowest BCUT2D eigenvalue weighted by Crippen LogP contribution is -2.32. The molecule has 0 spiro atoms. The van der Waals surface area contributed by atoms with Crippen molar-refractivity contribution in [3.63, 3.8) is 0 Å². The molecule has 2 amide bonds. The lowest BCUT2D eigenvalue weighted by Gasteiger charge is -2.20. The molecule has 7 nitrogen and oxygen atoms in total. The van der Waals surface area contributed by atoms with E-state index in [4.69, 9.17) is 4.52 Å². The van der Waals surface area contributed by atoms with Crippen molar-refractivity contribution in [2.24, 2.45) is 5.92 Å². The Morgan fingerprint density at radius 1 is 1.19 bits per heavy atom. The number of aromatic nitrogens is 2. The number of carbonyl (C=O) groups is 2. The number of hydrogen-bond donors (Lipinski definition) is 1. The first-order chi connectivity index (χ1) is 12.2. The van der Waals surface area contributed by atoms with Crippen LogP contribution in [0.15, 0.2) is 28.8 Å². The SMILES string of the molecule is Cl.O=C1c2ccccc2C(=O)N1CCc1noc(CC2CCCNC2)n1. The maximum atomic E-state index is 12.3. The Morgan fingerprint density at radius 2 is 1.92 bits per heavy atom. The fourth-order valence-electron chi connectivity index (χ4n) is 3.47. The van der Waals surface area contributed by atoms with Gasteiger partial charge in [0.25, 0.3) is 11.8 Å². The van der Waals surface area contributed by atoms with Gasteiger partial charge in [-0.25, -0.2) is 0 Å². The fraction of sp³-hybridized carbons (Fsp3) is 0.444. The number of amides is 2. The number of halogens is 1. The zero-order chi connectivity index (χ0) is 17.2. The number of hydrogen-bond acceptors (Lipinski definition) is 6. The van der Waals surface area contributed by atoms with Crippen molar-refractivity contribution in [1.29, 1.82) is 0 Å². The van der Waals surface area contributed by atoms with Gasteiger partial charge in [-0.05, 0) is 44.0 Å². The number of nitrogens with one attached hydrogen (secondary N) is 1. The van der Waals surface area contributed by atoms with Gasteiger partial charge in [0, 0.05) is 19.4 Å². The van der Waals surface area contributed by atoms with Crippen LogP contribution in [0, 0.1) is 5.92 Å². The molecule has 0 aliphatic carbocycles.